The lowest BCUT2D eigenvalue weighted by Gasteiger charge is -2.20. The van der Waals surface area contributed by atoms with Crippen LogP contribution in [0.25, 0.3) is 0 Å². The molecule has 1 heterocycles. The molecule has 0 spiro atoms. The van der Waals surface area contributed by atoms with E-state index in [9.17, 15) is 9.18 Å². The molecular formula is C17H26FN3O. The lowest BCUT2D eigenvalue weighted by molar-refractivity contribution is 0.0952. The summed E-state index contributed by atoms with van der Waals surface area (Å²) in [6, 6.07) is 4.74. The highest BCUT2D eigenvalue weighted by molar-refractivity contribution is 5.94. The van der Waals surface area contributed by atoms with Crippen molar-refractivity contribution < 1.29 is 9.18 Å². The van der Waals surface area contributed by atoms with Crippen molar-refractivity contribution in [3.63, 3.8) is 0 Å². The van der Waals surface area contributed by atoms with Gasteiger partial charge >= 0.3 is 0 Å². The van der Waals surface area contributed by atoms with E-state index >= 15 is 0 Å². The normalized spacial score (nSPS) is 15.2. The molecule has 1 fully saturated rings. The number of rotatable bonds is 5. The summed E-state index contributed by atoms with van der Waals surface area (Å²) in [4.78, 5) is 14.1. The van der Waals surface area contributed by atoms with Gasteiger partial charge in [0.05, 0.1) is 5.69 Å². The molecule has 22 heavy (non-hydrogen) atoms. The van der Waals surface area contributed by atoms with Gasteiger partial charge < -0.3 is 15.5 Å². The molecule has 1 saturated heterocycles. The molecule has 0 saturated carbocycles. The molecule has 1 aliphatic rings. The Morgan fingerprint density at radius 2 is 1.91 bits per heavy atom. The molecule has 122 valence electrons. The van der Waals surface area contributed by atoms with Crippen LogP contribution < -0.4 is 15.5 Å². The van der Waals surface area contributed by atoms with Gasteiger partial charge in [-0.1, -0.05) is 0 Å². The third-order valence-corrected chi connectivity index (χ3v) is 3.72. The maximum atomic E-state index is 14.2. The van der Waals surface area contributed by atoms with Crippen molar-refractivity contribution in [3.8, 4) is 0 Å². The van der Waals surface area contributed by atoms with Gasteiger partial charge in [-0.2, -0.15) is 0 Å². The number of carbonyl (C=O) groups excluding carboxylic acids is 1. The Hall–Kier alpha value is -1.62. The van der Waals surface area contributed by atoms with Crippen molar-refractivity contribution in [2.75, 3.05) is 31.1 Å². The molecule has 2 N–H and O–H groups in total. The van der Waals surface area contributed by atoms with E-state index < -0.39 is 0 Å². The van der Waals surface area contributed by atoms with Crippen LogP contribution in [0.1, 0.15) is 44.0 Å². The van der Waals surface area contributed by atoms with Gasteiger partial charge in [-0.15, -0.1) is 0 Å². The first-order valence-electron chi connectivity index (χ1n) is 7.94. The molecule has 0 atom stereocenters. The lowest BCUT2D eigenvalue weighted by atomic mass is 10.1. The summed E-state index contributed by atoms with van der Waals surface area (Å²) in [6.07, 6.45) is 2.20. The Morgan fingerprint density at radius 1 is 1.23 bits per heavy atom. The van der Waals surface area contributed by atoms with Gasteiger partial charge in [0.15, 0.2) is 0 Å². The van der Waals surface area contributed by atoms with Gasteiger partial charge in [-0.25, -0.2) is 4.39 Å². The van der Waals surface area contributed by atoms with Crippen LogP contribution in [-0.4, -0.2) is 37.6 Å². The number of hydrogen-bond acceptors (Lipinski definition) is 3. The van der Waals surface area contributed by atoms with Crippen LogP contribution in [0.4, 0.5) is 10.1 Å². The fraction of sp³-hybridized carbons (Fsp3) is 0.588. The Balaban J connectivity index is 1.89. The zero-order chi connectivity index (χ0) is 16.2. The maximum absolute atomic E-state index is 14.2. The van der Waals surface area contributed by atoms with Crippen molar-refractivity contribution in [1.29, 1.82) is 0 Å². The largest absolute Gasteiger partial charge is 0.369 e. The summed E-state index contributed by atoms with van der Waals surface area (Å²) in [5.74, 6) is -0.551. The third kappa shape index (κ3) is 4.70. The van der Waals surface area contributed by atoms with E-state index in [1.165, 1.54) is 6.07 Å². The van der Waals surface area contributed by atoms with Gasteiger partial charge in [0.1, 0.15) is 5.82 Å². The number of halogens is 1. The van der Waals surface area contributed by atoms with Gasteiger partial charge in [0.2, 0.25) is 0 Å². The summed E-state index contributed by atoms with van der Waals surface area (Å²) in [5, 5.41) is 6.10. The first-order chi connectivity index (χ1) is 10.4. The molecule has 0 unspecified atom stereocenters. The van der Waals surface area contributed by atoms with E-state index in [2.05, 4.69) is 31.4 Å². The second-order valence-corrected chi connectivity index (χ2v) is 6.79. The highest BCUT2D eigenvalue weighted by atomic mass is 19.1. The highest BCUT2D eigenvalue weighted by Gasteiger charge is 2.17. The zero-order valence-electron chi connectivity index (χ0n) is 13.7. The molecule has 0 bridgehead atoms. The van der Waals surface area contributed by atoms with E-state index in [4.69, 9.17) is 0 Å². The number of amides is 1. The number of carbonyl (C=O) groups is 1. The average Bonchev–Trinajstić information content (AvgIpc) is 2.96. The van der Waals surface area contributed by atoms with Crippen molar-refractivity contribution in [1.82, 2.24) is 10.6 Å². The number of anilines is 1. The summed E-state index contributed by atoms with van der Waals surface area (Å²) in [7, 11) is 0. The van der Waals surface area contributed by atoms with E-state index in [-0.39, 0.29) is 17.3 Å². The van der Waals surface area contributed by atoms with Gasteiger partial charge in [0, 0.05) is 37.3 Å². The Kier molecular flexibility index (Phi) is 5.40. The van der Waals surface area contributed by atoms with Crippen LogP contribution in [0.3, 0.4) is 0 Å². The van der Waals surface area contributed by atoms with Crippen LogP contribution in [0, 0.1) is 5.82 Å². The summed E-state index contributed by atoms with van der Waals surface area (Å²) in [6.45, 7) is 9.20. The minimum atomic E-state index is -0.317. The number of benzene rings is 1. The number of hydrogen-bond donors (Lipinski definition) is 2. The van der Waals surface area contributed by atoms with E-state index in [1.54, 1.807) is 12.1 Å². The molecule has 1 aliphatic heterocycles. The molecule has 0 radical (unpaired) electrons. The molecule has 1 amide bonds. The van der Waals surface area contributed by atoms with Crippen molar-refractivity contribution in [2.45, 2.75) is 39.2 Å². The topological polar surface area (TPSA) is 44.4 Å². The quantitative estimate of drug-likeness (QED) is 0.822. The molecule has 1 aromatic carbocycles. The van der Waals surface area contributed by atoms with Crippen LogP contribution in [0.15, 0.2) is 18.2 Å². The summed E-state index contributed by atoms with van der Waals surface area (Å²) >= 11 is 0. The van der Waals surface area contributed by atoms with Crippen molar-refractivity contribution in [2.24, 2.45) is 0 Å². The van der Waals surface area contributed by atoms with Crippen LogP contribution in [0.2, 0.25) is 0 Å². The first-order valence-corrected chi connectivity index (χ1v) is 7.94. The minimum absolute atomic E-state index is 0.0220. The second-order valence-electron chi connectivity index (χ2n) is 6.79. The first kappa shape index (κ1) is 16.7. The lowest BCUT2D eigenvalue weighted by Crippen LogP contribution is -2.41. The summed E-state index contributed by atoms with van der Waals surface area (Å²) < 4.78 is 14.2. The fourth-order valence-corrected chi connectivity index (χ4v) is 2.58. The minimum Gasteiger partial charge on any atom is -0.369 e. The average molecular weight is 307 g/mol. The molecular weight excluding hydrogens is 281 g/mol. The Morgan fingerprint density at radius 3 is 2.50 bits per heavy atom. The smallest absolute Gasteiger partial charge is 0.251 e. The molecule has 5 heteroatoms. The molecule has 0 aliphatic carbocycles. The Labute approximate surface area is 132 Å². The maximum Gasteiger partial charge on any atom is 0.251 e. The second kappa shape index (κ2) is 7.09. The fourth-order valence-electron chi connectivity index (χ4n) is 2.58. The monoisotopic (exact) mass is 307 g/mol. The molecule has 0 aromatic heterocycles. The van der Waals surface area contributed by atoms with E-state index in [1.807, 2.05) is 4.90 Å². The zero-order valence-corrected chi connectivity index (χ0v) is 13.7. The number of nitrogens with zero attached hydrogens (tertiary/aromatic N) is 1. The predicted molar refractivity (Wildman–Crippen MR) is 87.9 cm³/mol. The van der Waals surface area contributed by atoms with Gasteiger partial charge in [-0.3, -0.25) is 4.79 Å². The van der Waals surface area contributed by atoms with Crippen molar-refractivity contribution in [3.05, 3.63) is 29.6 Å². The molecule has 4 nitrogen and oxygen atoms in total. The van der Waals surface area contributed by atoms with Crippen LogP contribution >= 0.6 is 0 Å². The van der Waals surface area contributed by atoms with Gasteiger partial charge in [0.25, 0.3) is 5.91 Å². The van der Waals surface area contributed by atoms with Crippen LogP contribution in [-0.2, 0) is 0 Å². The van der Waals surface area contributed by atoms with Crippen LogP contribution in [0.5, 0.6) is 0 Å². The number of nitrogens with one attached hydrogen (secondary N) is 2. The highest BCUT2D eigenvalue weighted by Crippen LogP contribution is 2.24. The van der Waals surface area contributed by atoms with Gasteiger partial charge in [-0.05, 0) is 51.8 Å². The Bertz CT molecular complexity index is 519. The molecule has 1 aromatic rings. The van der Waals surface area contributed by atoms with E-state index in [0.717, 1.165) is 25.9 Å². The van der Waals surface area contributed by atoms with E-state index in [0.29, 0.717) is 24.3 Å². The molecule has 2 rings (SSSR count). The standard InChI is InChI=1S/C17H26FN3O/c1-17(2,3)20-9-8-19-16(22)13-6-7-15(14(18)12-13)21-10-4-5-11-21/h6-7,12,20H,4-5,8-11H2,1-3H3,(H,19,22). The van der Waals surface area contributed by atoms with Crippen molar-refractivity contribution >= 4 is 11.6 Å². The summed E-state index contributed by atoms with van der Waals surface area (Å²) in [5.41, 5.74) is 0.994. The third-order valence-electron chi connectivity index (χ3n) is 3.72. The predicted octanol–water partition coefficient (Wildman–Crippen LogP) is 2.54. The SMILES string of the molecule is CC(C)(C)NCCNC(=O)c1ccc(N2CCCC2)c(F)c1.